The molecule has 0 spiro atoms. The molecule has 15 heavy (non-hydrogen) atoms. The number of rotatable bonds is 0. The lowest BCUT2D eigenvalue weighted by atomic mass is 9.92. The lowest BCUT2D eigenvalue weighted by Crippen LogP contribution is -2.68. The fourth-order valence-corrected chi connectivity index (χ4v) is 1.07. The van der Waals surface area contributed by atoms with Gasteiger partial charge in [-0.15, -0.1) is 10.2 Å². The lowest BCUT2D eigenvalue weighted by molar-refractivity contribution is -2.00. The van der Waals surface area contributed by atoms with Crippen molar-refractivity contribution in [2.45, 2.75) is 26.2 Å². The maximum Gasteiger partial charge on any atom is 0.236 e. The van der Waals surface area contributed by atoms with Gasteiger partial charge in [0.15, 0.2) is 13.3 Å². The molecule has 0 unspecified atom stereocenters. The monoisotopic (exact) mass is 239 g/mol. The SMILES string of the molecule is C[n+]1occc1C(C)(C)C.[O-][Cl+3]([O-])([O-])[O-]. The molecule has 0 saturated heterocycles. The molecule has 0 aliphatic carbocycles. The van der Waals surface area contributed by atoms with Crippen LogP contribution >= 0.6 is 0 Å². The molecule has 7 heteroatoms. The standard InChI is InChI=1S/C8H14NO.ClHO4/c1-8(2,3)7-5-6-10-9(7)4;2-1(3,4)5/h5-6H,1-4H3;(H,2,3,4,5)/q+1;/p-1. The number of nitrogens with zero attached hydrogens (tertiary/aromatic N) is 1. The van der Waals surface area contributed by atoms with Crippen LogP contribution < -0.4 is 23.4 Å². The largest absolute Gasteiger partial charge is 0.245 e. The van der Waals surface area contributed by atoms with Crippen LogP contribution in [0.5, 0.6) is 0 Å². The van der Waals surface area contributed by atoms with Gasteiger partial charge in [-0.05, 0) is 4.74 Å². The molecule has 0 aliphatic rings. The van der Waals surface area contributed by atoms with Gasteiger partial charge in [-0.2, -0.15) is 0 Å². The zero-order valence-electron chi connectivity index (χ0n) is 9.02. The summed E-state index contributed by atoms with van der Waals surface area (Å²) in [7, 11) is -3.03. The number of hydrogen-bond acceptors (Lipinski definition) is 5. The number of hydrogen-bond donors (Lipinski definition) is 0. The van der Waals surface area contributed by atoms with Crippen LogP contribution in [0.4, 0.5) is 0 Å². The van der Waals surface area contributed by atoms with Gasteiger partial charge >= 0.3 is 0 Å². The van der Waals surface area contributed by atoms with Gasteiger partial charge in [-0.1, -0.05) is 20.8 Å². The Morgan fingerprint density at radius 3 is 1.73 bits per heavy atom. The molecule has 0 fully saturated rings. The Balaban J connectivity index is 0.000000336. The van der Waals surface area contributed by atoms with Gasteiger partial charge in [0.05, 0.1) is 11.5 Å². The Labute approximate surface area is 90.1 Å². The fourth-order valence-electron chi connectivity index (χ4n) is 1.07. The minimum Gasteiger partial charge on any atom is -0.245 e. The zero-order valence-corrected chi connectivity index (χ0v) is 9.78. The minimum atomic E-state index is -4.94. The summed E-state index contributed by atoms with van der Waals surface area (Å²) in [5, 5.41) is 0. The number of halogens is 1. The van der Waals surface area contributed by atoms with Crippen molar-refractivity contribution in [3.05, 3.63) is 18.0 Å². The van der Waals surface area contributed by atoms with Gasteiger partial charge in [-0.3, -0.25) is 0 Å². The van der Waals surface area contributed by atoms with Crippen molar-refractivity contribution in [2.75, 3.05) is 0 Å². The maximum atomic E-state index is 8.49. The second-order valence-corrected chi connectivity index (χ2v) is 4.67. The molecule has 0 radical (unpaired) electrons. The quantitative estimate of drug-likeness (QED) is 0.439. The summed E-state index contributed by atoms with van der Waals surface area (Å²) < 4.78 is 40.9. The van der Waals surface area contributed by atoms with Crippen molar-refractivity contribution in [3.8, 4) is 0 Å². The Bertz CT molecular complexity index is 293. The molecule has 6 nitrogen and oxygen atoms in total. The van der Waals surface area contributed by atoms with Crippen LogP contribution in [0.15, 0.2) is 16.9 Å². The van der Waals surface area contributed by atoms with Crippen LogP contribution in [-0.2, 0) is 12.5 Å². The smallest absolute Gasteiger partial charge is 0.236 e. The maximum absolute atomic E-state index is 8.49. The third-order valence-corrected chi connectivity index (χ3v) is 1.55. The predicted molar refractivity (Wildman–Crippen MR) is 38.6 cm³/mol. The summed E-state index contributed by atoms with van der Waals surface area (Å²) in [6.45, 7) is 6.49. The summed E-state index contributed by atoms with van der Waals surface area (Å²) >= 11 is 0. The van der Waals surface area contributed by atoms with E-state index >= 15 is 0 Å². The minimum absolute atomic E-state index is 0.182. The van der Waals surface area contributed by atoms with E-state index in [2.05, 4.69) is 20.8 Å². The summed E-state index contributed by atoms with van der Waals surface area (Å²) in [4.78, 5) is 0. The van der Waals surface area contributed by atoms with E-state index in [9.17, 15) is 0 Å². The molecule has 1 aromatic heterocycles. The highest BCUT2D eigenvalue weighted by Crippen LogP contribution is 2.17. The molecular weight excluding hydrogens is 226 g/mol. The Hall–Kier alpha value is -0.660. The lowest BCUT2D eigenvalue weighted by Gasteiger charge is -2.17. The van der Waals surface area contributed by atoms with Crippen molar-refractivity contribution in [2.24, 2.45) is 7.05 Å². The molecule has 88 valence electrons. The Morgan fingerprint density at radius 1 is 1.20 bits per heavy atom. The van der Waals surface area contributed by atoms with Crippen LogP contribution in [0.2, 0.25) is 0 Å². The van der Waals surface area contributed by atoms with E-state index in [-0.39, 0.29) is 5.41 Å². The molecule has 0 atom stereocenters. The summed E-state index contributed by atoms with van der Waals surface area (Å²) in [6.07, 6.45) is 1.71. The van der Waals surface area contributed by atoms with Gasteiger partial charge in [0.25, 0.3) is 0 Å². The average Bonchev–Trinajstić information content (AvgIpc) is 2.28. The molecule has 1 heterocycles. The van der Waals surface area contributed by atoms with Crippen molar-refractivity contribution in [1.29, 1.82) is 0 Å². The highest BCUT2D eigenvalue weighted by atomic mass is 35.7. The van der Waals surface area contributed by atoms with Gasteiger partial charge in [0.2, 0.25) is 5.69 Å². The van der Waals surface area contributed by atoms with Gasteiger partial charge in [0, 0.05) is 0 Å². The number of aryl methyl sites for hydroxylation is 1. The van der Waals surface area contributed by atoms with Crippen LogP contribution in [-0.4, -0.2) is 0 Å². The highest BCUT2D eigenvalue weighted by molar-refractivity contribution is 5.03. The van der Waals surface area contributed by atoms with Crippen LogP contribution in [0, 0.1) is 10.2 Å². The first-order chi connectivity index (χ1) is 6.52. The van der Waals surface area contributed by atoms with Crippen molar-refractivity contribution in [3.63, 3.8) is 0 Å². The van der Waals surface area contributed by atoms with Gasteiger partial charge in [0.1, 0.15) is 0 Å². The molecule has 0 amide bonds. The number of aromatic nitrogens is 1. The average molecular weight is 240 g/mol. The highest BCUT2D eigenvalue weighted by Gasteiger charge is 2.25. The first-order valence-corrected chi connectivity index (χ1v) is 5.31. The van der Waals surface area contributed by atoms with Crippen LogP contribution in [0.3, 0.4) is 0 Å². The second-order valence-electron chi connectivity index (χ2n) is 3.92. The van der Waals surface area contributed by atoms with Crippen LogP contribution in [0.25, 0.3) is 0 Å². The van der Waals surface area contributed by atoms with E-state index in [0.29, 0.717) is 0 Å². The van der Waals surface area contributed by atoms with E-state index in [1.54, 1.807) is 11.0 Å². The first kappa shape index (κ1) is 14.3. The molecule has 0 bridgehead atoms. The summed E-state index contributed by atoms with van der Waals surface area (Å²) in [5.74, 6) is 0. The second kappa shape index (κ2) is 4.91. The molecular formula is C8H14ClNO5. The molecule has 1 aromatic rings. The van der Waals surface area contributed by atoms with E-state index in [0.717, 1.165) is 0 Å². The zero-order chi connectivity index (χ0) is 12.3. The topological polar surface area (TPSA) is 109 Å². The first-order valence-electron chi connectivity index (χ1n) is 4.08. The van der Waals surface area contributed by atoms with E-state index in [4.69, 9.17) is 23.2 Å². The summed E-state index contributed by atoms with van der Waals surface area (Å²) in [5.41, 5.74) is 1.40. The molecule has 0 N–H and O–H groups in total. The Morgan fingerprint density at radius 2 is 1.60 bits per heavy atom. The van der Waals surface area contributed by atoms with E-state index in [1.807, 2.05) is 13.1 Å². The molecule has 1 rings (SSSR count). The Kier molecular flexibility index (Phi) is 4.69. The van der Waals surface area contributed by atoms with Crippen LogP contribution in [0.1, 0.15) is 26.5 Å². The third kappa shape index (κ3) is 7.29. The van der Waals surface area contributed by atoms with Crippen molar-refractivity contribution in [1.82, 2.24) is 0 Å². The molecule has 0 aliphatic heterocycles. The van der Waals surface area contributed by atoms with Crippen molar-refractivity contribution >= 4 is 0 Å². The van der Waals surface area contributed by atoms with Gasteiger partial charge < -0.3 is 0 Å². The van der Waals surface area contributed by atoms with Gasteiger partial charge in [-0.25, -0.2) is 23.2 Å². The van der Waals surface area contributed by atoms with E-state index in [1.165, 1.54) is 5.69 Å². The summed E-state index contributed by atoms with van der Waals surface area (Å²) in [6, 6.07) is 2.00. The van der Waals surface area contributed by atoms with Crippen molar-refractivity contribution < 1.29 is 38.1 Å². The molecule has 0 saturated carbocycles. The third-order valence-electron chi connectivity index (χ3n) is 1.55. The fraction of sp³-hybridized carbons (Fsp3) is 0.625. The normalized spacial score (nSPS) is 12.0. The predicted octanol–water partition coefficient (Wildman–Crippen LogP) is -3.35. The van der Waals surface area contributed by atoms with E-state index < -0.39 is 10.2 Å². The molecule has 0 aromatic carbocycles.